The van der Waals surface area contributed by atoms with E-state index in [0.717, 1.165) is 0 Å². The third kappa shape index (κ3) is 7.58. The molecular weight excluding hydrogens is 552 g/mol. The third-order valence-electron chi connectivity index (χ3n) is 8.08. The van der Waals surface area contributed by atoms with Gasteiger partial charge < -0.3 is 44.8 Å². The number of hydrogen-bond donors (Lipinski definition) is 6. The van der Waals surface area contributed by atoms with E-state index in [1.807, 2.05) is 42.5 Å². The fourth-order valence-corrected chi connectivity index (χ4v) is 5.69. The van der Waals surface area contributed by atoms with Gasteiger partial charge in [0.05, 0.1) is 26.4 Å². The van der Waals surface area contributed by atoms with E-state index < -0.39 is 54.6 Å². The van der Waals surface area contributed by atoms with Crippen molar-refractivity contribution in [3.8, 4) is 0 Å². The number of benzene rings is 3. The van der Waals surface area contributed by atoms with Gasteiger partial charge in [-0.25, -0.2) is 0 Å². The van der Waals surface area contributed by atoms with Crippen LogP contribution in [0.4, 0.5) is 0 Å². The summed E-state index contributed by atoms with van der Waals surface area (Å²) in [6.45, 7) is 2.25. The maximum atomic E-state index is 12.9. The molecule has 0 radical (unpaired) electrons. The van der Waals surface area contributed by atoms with Gasteiger partial charge in [0.2, 0.25) is 0 Å². The van der Waals surface area contributed by atoms with E-state index in [1.54, 1.807) is 48.5 Å². The third-order valence-corrected chi connectivity index (χ3v) is 8.08. The first-order valence-electron chi connectivity index (χ1n) is 14.4. The second-order valence-electron chi connectivity index (χ2n) is 11.2. The Morgan fingerprint density at radius 1 is 0.698 bits per heavy atom. The summed E-state index contributed by atoms with van der Waals surface area (Å²) in [6.07, 6.45) is -4.34. The van der Waals surface area contributed by atoms with E-state index in [2.05, 4.69) is 6.58 Å². The van der Waals surface area contributed by atoms with Crippen LogP contribution in [0.25, 0.3) is 0 Å². The molecule has 43 heavy (non-hydrogen) atoms. The second kappa shape index (κ2) is 14.7. The lowest BCUT2D eigenvalue weighted by Gasteiger charge is -2.53. The normalized spacial score (nSPS) is 24.5. The Balaban J connectivity index is 1.82. The van der Waals surface area contributed by atoms with Crippen LogP contribution in [0, 0.1) is 0 Å². The van der Waals surface area contributed by atoms with Crippen LogP contribution in [-0.2, 0) is 33.5 Å². The molecular formula is C34H42O9. The largest absolute Gasteiger partial charge is 0.394 e. The van der Waals surface area contributed by atoms with Crippen LogP contribution < -0.4 is 0 Å². The van der Waals surface area contributed by atoms with Gasteiger partial charge in [0.1, 0.15) is 35.1 Å². The quantitative estimate of drug-likeness (QED) is 0.107. The van der Waals surface area contributed by atoms with Crippen molar-refractivity contribution < 1.29 is 44.8 Å². The molecule has 3 aromatic carbocycles. The van der Waals surface area contributed by atoms with Gasteiger partial charge in [0, 0.05) is 19.3 Å². The summed E-state index contributed by atoms with van der Waals surface area (Å²) in [7, 11) is 0. The van der Waals surface area contributed by atoms with Crippen molar-refractivity contribution in [2.24, 2.45) is 0 Å². The summed E-state index contributed by atoms with van der Waals surface area (Å²) >= 11 is 0. The fraction of sp³-hybridized carbons (Fsp3) is 0.412. The molecule has 0 spiro atoms. The predicted molar refractivity (Wildman–Crippen MR) is 160 cm³/mol. The zero-order chi connectivity index (χ0) is 30.9. The number of ether oxygens (including phenoxy) is 3. The first-order valence-corrected chi connectivity index (χ1v) is 14.4. The van der Waals surface area contributed by atoms with E-state index in [-0.39, 0.29) is 32.5 Å². The summed E-state index contributed by atoms with van der Waals surface area (Å²) in [5.74, 6) is 0. The van der Waals surface area contributed by atoms with Gasteiger partial charge >= 0.3 is 0 Å². The van der Waals surface area contributed by atoms with Gasteiger partial charge in [0.15, 0.2) is 6.29 Å². The molecule has 1 aliphatic heterocycles. The second-order valence-corrected chi connectivity index (χ2v) is 11.2. The van der Waals surface area contributed by atoms with Crippen molar-refractivity contribution in [3.63, 3.8) is 0 Å². The smallest absolute Gasteiger partial charge is 0.186 e. The standard InChI is InChI=1S/C34H42O9/c1-2-18-41-23-32(38,19-25-12-6-3-7-13-25)34(40,21-27-16-10-5-11-17-27)33(39,20-26-14-8-4-9-15-26)24-42-31-30(37)29(36)28(22-35)43-31/h2-17,28-31,35-40H,1,18-24H2/t28-,29-,30-,31-,32-,33+,34-/m1/s1. The molecule has 0 bridgehead atoms. The van der Waals surface area contributed by atoms with Crippen molar-refractivity contribution in [1.82, 2.24) is 0 Å². The molecule has 0 aliphatic carbocycles. The van der Waals surface area contributed by atoms with Crippen molar-refractivity contribution in [3.05, 3.63) is 120 Å². The summed E-state index contributed by atoms with van der Waals surface area (Å²) in [5.41, 5.74) is -4.63. The SMILES string of the molecule is C=CCOC[C@](O)(Cc1ccccc1)[C@](O)(Cc1ccccc1)[C@@](O)(CO[C@@H]1O[C@H](CO)[C@@H](O)[C@H]1O)Cc1ccccc1. The van der Waals surface area contributed by atoms with Gasteiger partial charge in [-0.05, 0) is 16.7 Å². The molecule has 0 aromatic heterocycles. The van der Waals surface area contributed by atoms with Crippen molar-refractivity contribution >= 4 is 0 Å². The molecule has 1 heterocycles. The molecule has 9 nitrogen and oxygen atoms in total. The van der Waals surface area contributed by atoms with Crippen LogP contribution in [-0.4, -0.2) is 98.5 Å². The van der Waals surface area contributed by atoms with Gasteiger partial charge in [0.25, 0.3) is 0 Å². The van der Waals surface area contributed by atoms with E-state index in [4.69, 9.17) is 14.2 Å². The Hall–Kier alpha value is -2.96. The lowest BCUT2D eigenvalue weighted by atomic mass is 9.64. The molecule has 6 N–H and O–H groups in total. The summed E-state index contributed by atoms with van der Waals surface area (Å²) in [4.78, 5) is 0. The highest BCUT2D eigenvalue weighted by Crippen LogP contribution is 2.42. The van der Waals surface area contributed by atoms with Crippen LogP contribution in [0.15, 0.2) is 104 Å². The van der Waals surface area contributed by atoms with Gasteiger partial charge in [-0.1, -0.05) is 97.1 Å². The van der Waals surface area contributed by atoms with Crippen molar-refractivity contribution in [2.75, 3.05) is 26.4 Å². The first-order chi connectivity index (χ1) is 20.6. The average molecular weight is 595 g/mol. The molecule has 4 rings (SSSR count). The summed E-state index contributed by atoms with van der Waals surface area (Å²) < 4.78 is 17.2. The fourth-order valence-electron chi connectivity index (χ4n) is 5.69. The molecule has 1 saturated heterocycles. The molecule has 9 heteroatoms. The summed E-state index contributed by atoms with van der Waals surface area (Å²) in [6, 6.07) is 27.1. The Labute approximate surface area is 252 Å². The van der Waals surface area contributed by atoms with Crippen LogP contribution in [0.1, 0.15) is 16.7 Å². The Kier molecular flexibility index (Phi) is 11.2. The van der Waals surface area contributed by atoms with Crippen molar-refractivity contribution in [2.45, 2.75) is 60.7 Å². The monoisotopic (exact) mass is 594 g/mol. The maximum Gasteiger partial charge on any atom is 0.186 e. The predicted octanol–water partition coefficient (Wildman–Crippen LogP) is 1.57. The van der Waals surface area contributed by atoms with Crippen LogP contribution >= 0.6 is 0 Å². The van der Waals surface area contributed by atoms with E-state index in [0.29, 0.717) is 16.7 Å². The van der Waals surface area contributed by atoms with Crippen LogP contribution in [0.2, 0.25) is 0 Å². The topological polar surface area (TPSA) is 149 Å². The molecule has 0 amide bonds. The van der Waals surface area contributed by atoms with E-state index in [1.165, 1.54) is 6.08 Å². The maximum absolute atomic E-state index is 12.9. The minimum Gasteiger partial charge on any atom is -0.394 e. The minimum atomic E-state index is -2.33. The Morgan fingerprint density at radius 2 is 1.16 bits per heavy atom. The number of aliphatic hydroxyl groups is 6. The zero-order valence-electron chi connectivity index (χ0n) is 24.1. The molecule has 0 saturated carbocycles. The molecule has 1 fully saturated rings. The highest BCUT2D eigenvalue weighted by Gasteiger charge is 2.62. The lowest BCUT2D eigenvalue weighted by Crippen LogP contribution is -2.73. The highest BCUT2D eigenvalue weighted by atomic mass is 16.7. The number of aliphatic hydroxyl groups excluding tert-OH is 3. The molecule has 1 aliphatic rings. The van der Waals surface area contributed by atoms with Crippen LogP contribution in [0.3, 0.4) is 0 Å². The molecule has 3 aromatic rings. The van der Waals surface area contributed by atoms with E-state index >= 15 is 0 Å². The van der Waals surface area contributed by atoms with E-state index in [9.17, 15) is 30.6 Å². The first kappa shape index (κ1) is 32.9. The zero-order valence-corrected chi connectivity index (χ0v) is 24.1. The lowest BCUT2D eigenvalue weighted by molar-refractivity contribution is -0.287. The van der Waals surface area contributed by atoms with Gasteiger partial charge in [-0.3, -0.25) is 0 Å². The molecule has 0 unspecified atom stereocenters. The molecule has 7 atom stereocenters. The van der Waals surface area contributed by atoms with Gasteiger partial charge in [-0.15, -0.1) is 6.58 Å². The number of hydrogen-bond acceptors (Lipinski definition) is 9. The number of rotatable bonds is 16. The van der Waals surface area contributed by atoms with Crippen molar-refractivity contribution in [1.29, 1.82) is 0 Å². The summed E-state index contributed by atoms with van der Waals surface area (Å²) in [5, 5.41) is 68.6. The van der Waals surface area contributed by atoms with Gasteiger partial charge in [-0.2, -0.15) is 0 Å². The molecule has 232 valence electrons. The average Bonchev–Trinajstić information content (AvgIpc) is 3.29. The van der Waals surface area contributed by atoms with Crippen LogP contribution in [0.5, 0.6) is 0 Å². The highest BCUT2D eigenvalue weighted by molar-refractivity contribution is 5.29. The minimum absolute atomic E-state index is 0.0841. The Morgan fingerprint density at radius 3 is 1.60 bits per heavy atom. The Bertz CT molecular complexity index is 1260.